The molecule has 1 aliphatic carbocycles. The highest BCUT2D eigenvalue weighted by molar-refractivity contribution is 5.98. The van der Waals surface area contributed by atoms with Gasteiger partial charge in [0, 0.05) is 37.0 Å². The molecule has 1 heterocycles. The lowest BCUT2D eigenvalue weighted by atomic mass is 9.96. The molecule has 1 aliphatic heterocycles. The summed E-state index contributed by atoms with van der Waals surface area (Å²) in [4.78, 5) is 26.9. The highest BCUT2D eigenvalue weighted by Gasteiger charge is 2.29. The molecule has 138 valence electrons. The van der Waals surface area contributed by atoms with Crippen LogP contribution < -0.4 is 5.73 Å². The number of nitrogens with zero attached hydrogens (tertiary/aromatic N) is 1. The summed E-state index contributed by atoms with van der Waals surface area (Å²) in [6.07, 6.45) is 7.09. The highest BCUT2D eigenvalue weighted by atomic mass is 35.5. The highest BCUT2D eigenvalue weighted by Crippen LogP contribution is 2.24. The van der Waals surface area contributed by atoms with Crippen LogP contribution in [0.4, 0.5) is 0 Å². The summed E-state index contributed by atoms with van der Waals surface area (Å²) in [5.74, 6) is 0.152. The predicted molar refractivity (Wildman–Crippen MR) is 102 cm³/mol. The first-order valence-corrected chi connectivity index (χ1v) is 9.26. The van der Waals surface area contributed by atoms with Gasteiger partial charge in [-0.1, -0.05) is 12.1 Å². The van der Waals surface area contributed by atoms with Crippen molar-refractivity contribution in [3.8, 4) is 0 Å². The van der Waals surface area contributed by atoms with Crippen molar-refractivity contribution in [1.29, 1.82) is 0 Å². The van der Waals surface area contributed by atoms with Crippen LogP contribution in [0.1, 0.15) is 66.9 Å². The van der Waals surface area contributed by atoms with Gasteiger partial charge >= 0.3 is 0 Å². The van der Waals surface area contributed by atoms with E-state index in [4.69, 9.17) is 5.73 Å². The third-order valence-electron chi connectivity index (χ3n) is 5.46. The molecule has 0 saturated carbocycles. The molecule has 2 unspecified atom stereocenters. The molecule has 0 spiro atoms. The van der Waals surface area contributed by atoms with Crippen molar-refractivity contribution in [3.05, 3.63) is 34.9 Å². The van der Waals surface area contributed by atoms with Gasteiger partial charge in [0.2, 0.25) is 5.91 Å². The fourth-order valence-corrected chi connectivity index (χ4v) is 4.07. The fourth-order valence-electron chi connectivity index (χ4n) is 4.07. The summed E-state index contributed by atoms with van der Waals surface area (Å²) in [6, 6.07) is 6.14. The number of carbonyl (C=O) groups is 2. The van der Waals surface area contributed by atoms with Crippen molar-refractivity contribution in [3.63, 3.8) is 0 Å². The van der Waals surface area contributed by atoms with E-state index in [2.05, 4.69) is 6.07 Å². The number of halogens is 1. The molecular weight excluding hydrogens is 336 g/mol. The Morgan fingerprint density at radius 1 is 1.16 bits per heavy atom. The van der Waals surface area contributed by atoms with Crippen molar-refractivity contribution in [2.24, 2.45) is 5.73 Å². The summed E-state index contributed by atoms with van der Waals surface area (Å²) in [5, 5.41) is 0. The monoisotopic (exact) mass is 364 g/mol. The number of likely N-dealkylation sites (tertiary alicyclic amines) is 1. The summed E-state index contributed by atoms with van der Waals surface area (Å²) < 4.78 is 0. The SMILES string of the molecule is CC(N)C1CCCCN1C(=O)CCC(=O)c1ccc2c(c1)CCC2.Cl. The van der Waals surface area contributed by atoms with Gasteiger partial charge in [-0.25, -0.2) is 0 Å². The van der Waals surface area contributed by atoms with Crippen molar-refractivity contribution >= 4 is 24.1 Å². The maximum atomic E-state index is 12.6. The number of hydrogen-bond donors (Lipinski definition) is 1. The topological polar surface area (TPSA) is 63.4 Å². The molecule has 2 atom stereocenters. The molecule has 0 bridgehead atoms. The van der Waals surface area contributed by atoms with Crippen molar-refractivity contribution in [1.82, 2.24) is 4.90 Å². The van der Waals surface area contributed by atoms with Crippen molar-refractivity contribution in [2.75, 3.05) is 6.54 Å². The van der Waals surface area contributed by atoms with E-state index < -0.39 is 0 Å². The minimum atomic E-state index is -0.0123. The molecular formula is C20H29ClN2O2. The molecule has 2 N–H and O–H groups in total. The molecule has 2 aliphatic rings. The second kappa shape index (κ2) is 8.81. The minimum absolute atomic E-state index is 0. The number of Topliss-reactive ketones (excluding diaryl/α,β-unsaturated/α-hetero) is 1. The third-order valence-corrected chi connectivity index (χ3v) is 5.46. The Hall–Kier alpha value is -1.39. The molecule has 1 fully saturated rings. The van der Waals surface area contributed by atoms with Gasteiger partial charge in [-0.15, -0.1) is 12.4 Å². The number of fused-ring (bicyclic) bond motifs is 1. The molecule has 0 aromatic heterocycles. The van der Waals surface area contributed by atoms with Gasteiger partial charge in [0.1, 0.15) is 0 Å². The number of benzene rings is 1. The summed E-state index contributed by atoms with van der Waals surface area (Å²) in [7, 11) is 0. The van der Waals surface area contributed by atoms with E-state index >= 15 is 0 Å². The summed E-state index contributed by atoms with van der Waals surface area (Å²) in [6.45, 7) is 2.74. The minimum Gasteiger partial charge on any atom is -0.338 e. The van der Waals surface area contributed by atoms with Crippen molar-refractivity contribution in [2.45, 2.75) is 70.4 Å². The molecule has 25 heavy (non-hydrogen) atoms. The van der Waals surface area contributed by atoms with Gasteiger partial charge in [0.25, 0.3) is 0 Å². The Kier molecular flexibility index (Phi) is 7.03. The zero-order valence-corrected chi connectivity index (χ0v) is 15.8. The zero-order valence-electron chi connectivity index (χ0n) is 15.0. The number of amides is 1. The number of piperidine rings is 1. The van der Waals surface area contributed by atoms with Crippen LogP contribution in [-0.2, 0) is 17.6 Å². The van der Waals surface area contributed by atoms with Gasteiger partial charge in [-0.3, -0.25) is 9.59 Å². The van der Waals surface area contributed by atoms with E-state index in [1.54, 1.807) is 0 Å². The quantitative estimate of drug-likeness (QED) is 0.815. The van der Waals surface area contributed by atoms with Crippen LogP contribution in [0.3, 0.4) is 0 Å². The molecule has 1 saturated heterocycles. The van der Waals surface area contributed by atoms with E-state index in [1.165, 1.54) is 17.5 Å². The molecule has 5 heteroatoms. The lowest BCUT2D eigenvalue weighted by Gasteiger charge is -2.38. The fraction of sp³-hybridized carbons (Fsp3) is 0.600. The van der Waals surface area contributed by atoms with Gasteiger partial charge < -0.3 is 10.6 Å². The first-order valence-electron chi connectivity index (χ1n) is 9.26. The first kappa shape index (κ1) is 19.9. The Morgan fingerprint density at radius 2 is 1.92 bits per heavy atom. The van der Waals surface area contributed by atoms with Crippen LogP contribution >= 0.6 is 12.4 Å². The van der Waals surface area contributed by atoms with E-state index in [-0.39, 0.29) is 36.2 Å². The number of carbonyl (C=O) groups excluding carboxylic acids is 2. The normalized spacial score (nSPS) is 20.6. The number of nitrogens with two attached hydrogens (primary N) is 1. The largest absolute Gasteiger partial charge is 0.338 e. The molecule has 4 nitrogen and oxygen atoms in total. The molecule has 1 aromatic carbocycles. The Morgan fingerprint density at radius 3 is 2.68 bits per heavy atom. The van der Waals surface area contributed by atoms with Crippen LogP contribution in [0.15, 0.2) is 18.2 Å². The van der Waals surface area contributed by atoms with Crippen LogP contribution in [0.25, 0.3) is 0 Å². The lowest BCUT2D eigenvalue weighted by Crippen LogP contribution is -2.51. The predicted octanol–water partition coefficient (Wildman–Crippen LogP) is 3.29. The summed E-state index contributed by atoms with van der Waals surface area (Å²) >= 11 is 0. The summed E-state index contributed by atoms with van der Waals surface area (Å²) in [5.41, 5.74) is 9.47. The number of rotatable bonds is 5. The molecule has 3 rings (SSSR count). The Balaban J connectivity index is 0.00000225. The van der Waals surface area contributed by atoms with Crippen LogP contribution in [-0.4, -0.2) is 35.2 Å². The Labute approximate surface area is 156 Å². The van der Waals surface area contributed by atoms with Crippen LogP contribution in [0, 0.1) is 0 Å². The third kappa shape index (κ3) is 4.62. The number of aryl methyl sites for hydroxylation is 2. The standard InChI is InChI=1S/C20H28N2O2.ClH/c1-14(21)18-7-2-3-12-22(18)20(24)11-10-19(23)17-9-8-15-5-4-6-16(15)13-17;/h8-9,13-14,18H,2-7,10-12,21H2,1H3;1H. The van der Waals surface area contributed by atoms with E-state index in [9.17, 15) is 9.59 Å². The number of hydrogen-bond acceptors (Lipinski definition) is 3. The lowest BCUT2D eigenvalue weighted by molar-refractivity contribution is -0.135. The maximum absolute atomic E-state index is 12.6. The van der Waals surface area contributed by atoms with Gasteiger partial charge in [-0.05, 0) is 62.6 Å². The molecule has 0 radical (unpaired) electrons. The second-order valence-corrected chi connectivity index (χ2v) is 7.27. The average molecular weight is 365 g/mol. The van der Waals surface area contributed by atoms with Gasteiger partial charge in [0.05, 0.1) is 0 Å². The van der Waals surface area contributed by atoms with Crippen molar-refractivity contribution < 1.29 is 9.59 Å². The van der Waals surface area contributed by atoms with E-state index in [0.717, 1.165) is 44.2 Å². The Bertz CT molecular complexity index is 630. The van der Waals surface area contributed by atoms with Crippen LogP contribution in [0.2, 0.25) is 0 Å². The maximum Gasteiger partial charge on any atom is 0.223 e. The van der Waals surface area contributed by atoms with Crippen LogP contribution in [0.5, 0.6) is 0 Å². The number of ketones is 1. The van der Waals surface area contributed by atoms with Gasteiger partial charge in [0.15, 0.2) is 5.78 Å². The second-order valence-electron chi connectivity index (χ2n) is 7.27. The molecule has 1 aromatic rings. The molecule has 1 amide bonds. The zero-order chi connectivity index (χ0) is 17.1. The van der Waals surface area contributed by atoms with E-state index in [0.29, 0.717) is 12.8 Å². The first-order chi connectivity index (χ1) is 11.6. The van der Waals surface area contributed by atoms with Gasteiger partial charge in [-0.2, -0.15) is 0 Å². The smallest absolute Gasteiger partial charge is 0.223 e. The average Bonchev–Trinajstić information content (AvgIpc) is 3.06. The van der Waals surface area contributed by atoms with E-state index in [1.807, 2.05) is 24.0 Å².